The first kappa shape index (κ1) is 10.2. The fourth-order valence-corrected chi connectivity index (χ4v) is 2.12. The van der Waals surface area contributed by atoms with Gasteiger partial charge in [-0.2, -0.15) is 0 Å². The lowest BCUT2D eigenvalue weighted by Gasteiger charge is -2.04. The molecule has 86 valence electrons. The molecular formula is C10H10N6S. The summed E-state index contributed by atoms with van der Waals surface area (Å²) in [5.74, 6) is 1.57. The van der Waals surface area contributed by atoms with Gasteiger partial charge in [-0.3, -0.25) is 4.40 Å². The van der Waals surface area contributed by atoms with Crippen LogP contribution in [0.2, 0.25) is 0 Å². The molecule has 3 aromatic rings. The summed E-state index contributed by atoms with van der Waals surface area (Å²) in [6.07, 6.45) is 5.36. The first-order valence-corrected chi connectivity index (χ1v) is 6.01. The Morgan fingerprint density at radius 2 is 2.24 bits per heavy atom. The summed E-state index contributed by atoms with van der Waals surface area (Å²) in [5.41, 5.74) is 0.738. The highest BCUT2D eigenvalue weighted by atomic mass is 32.1. The second-order valence-corrected chi connectivity index (χ2v) is 4.48. The Labute approximate surface area is 101 Å². The van der Waals surface area contributed by atoms with E-state index in [0.717, 1.165) is 22.3 Å². The Bertz CT molecular complexity index is 629. The van der Waals surface area contributed by atoms with Crippen LogP contribution in [0.25, 0.3) is 5.65 Å². The first-order chi connectivity index (χ1) is 8.34. The molecular weight excluding hydrogens is 236 g/mol. The molecule has 0 aromatic carbocycles. The quantitative estimate of drug-likeness (QED) is 0.758. The maximum atomic E-state index is 4.26. The van der Waals surface area contributed by atoms with Crippen LogP contribution in [-0.4, -0.2) is 24.6 Å². The highest BCUT2D eigenvalue weighted by Crippen LogP contribution is 2.13. The monoisotopic (exact) mass is 246 g/mol. The molecule has 0 saturated heterocycles. The number of thiazole rings is 1. The van der Waals surface area contributed by atoms with Gasteiger partial charge in [0.05, 0.1) is 6.54 Å². The van der Waals surface area contributed by atoms with Gasteiger partial charge < -0.3 is 5.32 Å². The number of fused-ring (bicyclic) bond motifs is 1. The van der Waals surface area contributed by atoms with E-state index in [2.05, 4.69) is 25.5 Å². The van der Waals surface area contributed by atoms with Crippen LogP contribution >= 0.6 is 11.3 Å². The normalized spacial score (nSPS) is 10.9. The van der Waals surface area contributed by atoms with E-state index in [1.807, 2.05) is 22.9 Å². The standard InChI is InChI=1S/C10H10N6S/c1-7-14-15-10-9(12-2-4-16(7)10)13-6-8-11-3-5-17-8/h2-5H,6H2,1H3,(H,12,13). The van der Waals surface area contributed by atoms with Gasteiger partial charge in [0, 0.05) is 24.0 Å². The summed E-state index contributed by atoms with van der Waals surface area (Å²) in [6.45, 7) is 2.56. The molecule has 0 amide bonds. The second kappa shape index (κ2) is 4.10. The number of nitrogens with zero attached hydrogens (tertiary/aromatic N) is 5. The number of rotatable bonds is 3. The Balaban J connectivity index is 1.90. The average Bonchev–Trinajstić information content (AvgIpc) is 2.97. The van der Waals surface area contributed by atoms with E-state index >= 15 is 0 Å². The van der Waals surface area contributed by atoms with Crippen molar-refractivity contribution in [2.45, 2.75) is 13.5 Å². The summed E-state index contributed by atoms with van der Waals surface area (Å²) in [4.78, 5) is 8.46. The Morgan fingerprint density at radius 3 is 3.06 bits per heavy atom. The van der Waals surface area contributed by atoms with E-state index in [1.54, 1.807) is 23.7 Å². The highest BCUT2D eigenvalue weighted by Gasteiger charge is 2.07. The molecule has 3 aromatic heterocycles. The molecule has 1 N–H and O–H groups in total. The van der Waals surface area contributed by atoms with Crippen molar-refractivity contribution in [2.24, 2.45) is 0 Å². The van der Waals surface area contributed by atoms with Crippen molar-refractivity contribution < 1.29 is 0 Å². The molecule has 0 spiro atoms. The largest absolute Gasteiger partial charge is 0.360 e. The van der Waals surface area contributed by atoms with Crippen LogP contribution in [0.15, 0.2) is 24.0 Å². The number of hydrogen-bond acceptors (Lipinski definition) is 6. The molecule has 0 atom stereocenters. The zero-order chi connectivity index (χ0) is 11.7. The van der Waals surface area contributed by atoms with E-state index in [0.29, 0.717) is 6.54 Å². The average molecular weight is 246 g/mol. The fraction of sp³-hybridized carbons (Fsp3) is 0.200. The summed E-state index contributed by atoms with van der Waals surface area (Å²) >= 11 is 1.61. The van der Waals surface area contributed by atoms with Crippen LogP contribution in [-0.2, 0) is 6.54 Å². The molecule has 0 aliphatic heterocycles. The molecule has 7 heteroatoms. The summed E-state index contributed by atoms with van der Waals surface area (Å²) in [6, 6.07) is 0. The van der Waals surface area contributed by atoms with Crippen molar-refractivity contribution in [3.63, 3.8) is 0 Å². The molecule has 0 unspecified atom stereocenters. The number of anilines is 1. The molecule has 0 fully saturated rings. The molecule has 0 bridgehead atoms. The van der Waals surface area contributed by atoms with Crippen LogP contribution in [0, 0.1) is 6.92 Å². The third-order valence-electron chi connectivity index (χ3n) is 2.39. The fourth-order valence-electron chi connectivity index (χ4n) is 1.57. The van der Waals surface area contributed by atoms with Crippen molar-refractivity contribution in [2.75, 3.05) is 5.32 Å². The Morgan fingerprint density at radius 1 is 1.29 bits per heavy atom. The van der Waals surface area contributed by atoms with E-state index in [9.17, 15) is 0 Å². The van der Waals surface area contributed by atoms with Crippen LogP contribution < -0.4 is 5.32 Å². The smallest absolute Gasteiger partial charge is 0.203 e. The van der Waals surface area contributed by atoms with E-state index in [-0.39, 0.29) is 0 Å². The minimum Gasteiger partial charge on any atom is -0.360 e. The topological polar surface area (TPSA) is 68.0 Å². The minimum atomic E-state index is 0.649. The molecule has 3 heterocycles. The molecule has 17 heavy (non-hydrogen) atoms. The van der Waals surface area contributed by atoms with Crippen LogP contribution in [0.3, 0.4) is 0 Å². The predicted octanol–water partition coefficient (Wildman–Crippen LogP) is 1.50. The SMILES string of the molecule is Cc1nnc2c(NCc3nccs3)nccn12. The van der Waals surface area contributed by atoms with Gasteiger partial charge in [-0.05, 0) is 6.92 Å². The molecule has 0 aliphatic rings. The maximum absolute atomic E-state index is 4.26. The summed E-state index contributed by atoms with van der Waals surface area (Å²) < 4.78 is 1.90. The van der Waals surface area contributed by atoms with Gasteiger partial charge in [-0.15, -0.1) is 21.5 Å². The van der Waals surface area contributed by atoms with Gasteiger partial charge in [0.25, 0.3) is 0 Å². The summed E-state index contributed by atoms with van der Waals surface area (Å²) in [5, 5.41) is 14.3. The second-order valence-electron chi connectivity index (χ2n) is 3.50. The molecule has 0 radical (unpaired) electrons. The maximum Gasteiger partial charge on any atom is 0.203 e. The summed E-state index contributed by atoms with van der Waals surface area (Å²) in [7, 11) is 0. The van der Waals surface area contributed by atoms with Gasteiger partial charge in [-0.1, -0.05) is 0 Å². The van der Waals surface area contributed by atoms with E-state index < -0.39 is 0 Å². The van der Waals surface area contributed by atoms with E-state index in [4.69, 9.17) is 0 Å². The van der Waals surface area contributed by atoms with Crippen molar-refractivity contribution in [1.29, 1.82) is 0 Å². The van der Waals surface area contributed by atoms with Crippen molar-refractivity contribution >= 4 is 22.8 Å². The van der Waals surface area contributed by atoms with Gasteiger partial charge in [0.15, 0.2) is 5.82 Å². The number of aryl methyl sites for hydroxylation is 1. The number of nitrogens with one attached hydrogen (secondary N) is 1. The van der Waals surface area contributed by atoms with Crippen LogP contribution in [0.4, 0.5) is 5.82 Å². The third kappa shape index (κ3) is 1.84. The molecule has 0 saturated carbocycles. The van der Waals surface area contributed by atoms with Gasteiger partial charge in [-0.25, -0.2) is 9.97 Å². The van der Waals surface area contributed by atoms with Gasteiger partial charge in [0.1, 0.15) is 10.8 Å². The van der Waals surface area contributed by atoms with Crippen molar-refractivity contribution in [3.05, 3.63) is 34.8 Å². The lowest BCUT2D eigenvalue weighted by molar-refractivity contribution is 0.999. The molecule has 0 aliphatic carbocycles. The minimum absolute atomic E-state index is 0.649. The first-order valence-electron chi connectivity index (χ1n) is 5.13. The Hall–Kier alpha value is -2.02. The third-order valence-corrected chi connectivity index (χ3v) is 3.17. The highest BCUT2D eigenvalue weighted by molar-refractivity contribution is 7.09. The van der Waals surface area contributed by atoms with Crippen molar-refractivity contribution in [1.82, 2.24) is 24.6 Å². The lowest BCUT2D eigenvalue weighted by Crippen LogP contribution is -2.03. The predicted molar refractivity (Wildman–Crippen MR) is 65.0 cm³/mol. The van der Waals surface area contributed by atoms with Crippen molar-refractivity contribution in [3.8, 4) is 0 Å². The molecule has 6 nitrogen and oxygen atoms in total. The zero-order valence-electron chi connectivity index (χ0n) is 9.16. The van der Waals surface area contributed by atoms with Gasteiger partial charge >= 0.3 is 0 Å². The zero-order valence-corrected chi connectivity index (χ0v) is 9.98. The van der Waals surface area contributed by atoms with Crippen LogP contribution in [0.1, 0.15) is 10.8 Å². The van der Waals surface area contributed by atoms with Crippen LogP contribution in [0.5, 0.6) is 0 Å². The lowest BCUT2D eigenvalue weighted by atomic mass is 10.5. The van der Waals surface area contributed by atoms with E-state index in [1.165, 1.54) is 0 Å². The molecule has 3 rings (SSSR count). The van der Waals surface area contributed by atoms with Gasteiger partial charge in [0.2, 0.25) is 5.65 Å². The Kier molecular flexibility index (Phi) is 2.45. The number of aromatic nitrogens is 5. The number of hydrogen-bond donors (Lipinski definition) is 1.